The lowest BCUT2D eigenvalue weighted by atomic mass is 10.0. The smallest absolute Gasteiger partial charge is 0.227 e. The van der Waals surface area contributed by atoms with Crippen molar-refractivity contribution in [2.75, 3.05) is 40.9 Å². The number of amides is 1. The van der Waals surface area contributed by atoms with E-state index < -0.39 is 0 Å². The molecule has 3 rings (SSSR count). The minimum Gasteiger partial charge on any atom is -0.493 e. The summed E-state index contributed by atoms with van der Waals surface area (Å²) in [5, 5.41) is 0. The Labute approximate surface area is 180 Å². The summed E-state index contributed by atoms with van der Waals surface area (Å²) in [4.78, 5) is 17.4. The van der Waals surface area contributed by atoms with Crippen LogP contribution < -0.4 is 9.47 Å². The van der Waals surface area contributed by atoms with E-state index in [9.17, 15) is 4.79 Å². The average molecular weight is 411 g/mol. The quantitative estimate of drug-likeness (QED) is 0.631. The Balaban J connectivity index is 1.50. The van der Waals surface area contributed by atoms with Crippen molar-refractivity contribution in [1.29, 1.82) is 0 Å². The topological polar surface area (TPSA) is 42.0 Å². The van der Waals surface area contributed by atoms with Crippen LogP contribution in [0.5, 0.6) is 11.5 Å². The van der Waals surface area contributed by atoms with E-state index >= 15 is 0 Å². The molecule has 5 heteroatoms. The van der Waals surface area contributed by atoms with E-state index in [1.54, 1.807) is 14.2 Å². The molecule has 1 fully saturated rings. The van der Waals surface area contributed by atoms with Gasteiger partial charge in [-0.3, -0.25) is 4.79 Å². The molecule has 0 aromatic heterocycles. The lowest BCUT2D eigenvalue weighted by Gasteiger charge is -2.37. The van der Waals surface area contributed by atoms with Gasteiger partial charge in [0.05, 0.1) is 20.6 Å². The maximum absolute atomic E-state index is 12.9. The van der Waals surface area contributed by atoms with E-state index in [4.69, 9.17) is 9.47 Å². The molecule has 0 radical (unpaired) electrons. The number of aryl methyl sites for hydroxylation is 1. The summed E-state index contributed by atoms with van der Waals surface area (Å²) in [7, 11) is 5.18. The summed E-state index contributed by atoms with van der Waals surface area (Å²) >= 11 is 0. The summed E-state index contributed by atoms with van der Waals surface area (Å²) in [6, 6.07) is 16.6. The SMILES string of the molecule is COc1ccc(CC(=O)N(C)[C@H]2CCCN(CCCc3ccccc3)C2)cc1OC. The normalized spacial score (nSPS) is 16.8. The Morgan fingerprint density at radius 3 is 2.57 bits per heavy atom. The highest BCUT2D eigenvalue weighted by atomic mass is 16.5. The Hall–Kier alpha value is -2.53. The van der Waals surface area contributed by atoms with Crippen LogP contribution in [0.1, 0.15) is 30.4 Å². The fraction of sp³-hybridized carbons (Fsp3) is 0.480. The Kier molecular flexibility index (Phi) is 8.14. The summed E-state index contributed by atoms with van der Waals surface area (Å²) in [5.41, 5.74) is 2.34. The molecule has 0 saturated carbocycles. The van der Waals surface area contributed by atoms with E-state index in [1.807, 2.05) is 30.1 Å². The highest BCUT2D eigenvalue weighted by Crippen LogP contribution is 2.28. The number of benzene rings is 2. The molecule has 0 unspecified atom stereocenters. The van der Waals surface area contributed by atoms with E-state index in [1.165, 1.54) is 5.56 Å². The van der Waals surface area contributed by atoms with Crippen molar-refractivity contribution in [1.82, 2.24) is 9.80 Å². The molecule has 0 aliphatic carbocycles. The maximum atomic E-state index is 12.9. The lowest BCUT2D eigenvalue weighted by Crippen LogP contribution is -2.49. The second-order valence-electron chi connectivity index (χ2n) is 8.06. The van der Waals surface area contributed by atoms with Crippen molar-refractivity contribution in [3.8, 4) is 11.5 Å². The minimum atomic E-state index is 0.151. The molecule has 30 heavy (non-hydrogen) atoms. The van der Waals surface area contributed by atoms with Gasteiger partial charge in [-0.25, -0.2) is 0 Å². The molecule has 0 spiro atoms. The first-order chi connectivity index (χ1) is 14.6. The van der Waals surface area contributed by atoms with Crippen LogP contribution in [-0.2, 0) is 17.6 Å². The number of hydrogen-bond donors (Lipinski definition) is 0. The fourth-order valence-corrected chi connectivity index (χ4v) is 4.20. The molecule has 0 N–H and O–H groups in total. The standard InChI is InChI=1S/C25H34N2O3/c1-26(25(28)18-21-13-14-23(29-2)24(17-21)30-3)22-12-8-16-27(19-22)15-7-11-20-9-5-4-6-10-20/h4-6,9-10,13-14,17,22H,7-8,11-12,15-16,18-19H2,1-3H3/t22-/m0/s1. The van der Waals surface area contributed by atoms with E-state index in [-0.39, 0.29) is 11.9 Å². The molecule has 2 aromatic rings. The largest absolute Gasteiger partial charge is 0.493 e. The molecule has 2 aromatic carbocycles. The van der Waals surface area contributed by atoms with E-state index in [2.05, 4.69) is 35.2 Å². The van der Waals surface area contributed by atoms with Crippen molar-refractivity contribution in [2.24, 2.45) is 0 Å². The van der Waals surface area contributed by atoms with E-state index in [0.717, 1.165) is 50.9 Å². The highest BCUT2D eigenvalue weighted by molar-refractivity contribution is 5.79. The number of carbonyl (C=O) groups is 1. The van der Waals surface area contributed by atoms with Gasteiger partial charge in [0.25, 0.3) is 0 Å². The molecule has 1 aliphatic rings. The van der Waals surface area contributed by atoms with Gasteiger partial charge in [0.1, 0.15) is 0 Å². The van der Waals surface area contributed by atoms with Gasteiger partial charge in [0.15, 0.2) is 11.5 Å². The Bertz CT molecular complexity index is 809. The number of nitrogens with zero attached hydrogens (tertiary/aromatic N) is 2. The van der Waals surface area contributed by atoms with Crippen molar-refractivity contribution in [2.45, 2.75) is 38.1 Å². The zero-order valence-electron chi connectivity index (χ0n) is 18.5. The molecular weight excluding hydrogens is 376 g/mol. The van der Waals surface area contributed by atoms with Gasteiger partial charge >= 0.3 is 0 Å². The van der Waals surface area contributed by atoms with Crippen LogP contribution in [0.25, 0.3) is 0 Å². The number of hydrogen-bond acceptors (Lipinski definition) is 4. The van der Waals surface area contributed by atoms with Crippen LogP contribution in [-0.4, -0.2) is 62.7 Å². The minimum absolute atomic E-state index is 0.151. The predicted molar refractivity (Wildman–Crippen MR) is 120 cm³/mol. The summed E-state index contributed by atoms with van der Waals surface area (Å²) < 4.78 is 10.6. The number of carbonyl (C=O) groups excluding carboxylic acids is 1. The van der Waals surface area contributed by atoms with Gasteiger partial charge in [-0.15, -0.1) is 0 Å². The molecule has 0 bridgehead atoms. The number of methoxy groups -OCH3 is 2. The fourth-order valence-electron chi connectivity index (χ4n) is 4.20. The lowest BCUT2D eigenvalue weighted by molar-refractivity contribution is -0.132. The number of piperidine rings is 1. The van der Waals surface area contributed by atoms with Gasteiger partial charge in [-0.2, -0.15) is 0 Å². The molecule has 1 heterocycles. The second kappa shape index (κ2) is 11.0. The predicted octanol–water partition coefficient (Wildman–Crippen LogP) is 3.80. The van der Waals surface area contributed by atoms with E-state index in [0.29, 0.717) is 17.9 Å². The zero-order valence-corrected chi connectivity index (χ0v) is 18.5. The summed E-state index contributed by atoms with van der Waals surface area (Å²) in [6.07, 6.45) is 4.85. The first kappa shape index (κ1) is 22.2. The van der Waals surface area contributed by atoms with Crippen molar-refractivity contribution in [3.05, 3.63) is 59.7 Å². The molecule has 162 valence electrons. The third-order valence-electron chi connectivity index (χ3n) is 6.01. The van der Waals surface area contributed by atoms with Gasteiger partial charge < -0.3 is 19.3 Å². The summed E-state index contributed by atoms with van der Waals surface area (Å²) in [6.45, 7) is 3.18. The van der Waals surface area contributed by atoms with Gasteiger partial charge in [0.2, 0.25) is 5.91 Å². The number of ether oxygens (including phenoxy) is 2. The first-order valence-corrected chi connectivity index (χ1v) is 10.8. The van der Waals surface area contributed by atoms with Crippen LogP contribution >= 0.6 is 0 Å². The molecule has 1 saturated heterocycles. The zero-order chi connectivity index (χ0) is 21.3. The van der Waals surface area contributed by atoms with Crippen molar-refractivity contribution >= 4 is 5.91 Å². The van der Waals surface area contributed by atoms with Crippen LogP contribution in [0, 0.1) is 0 Å². The third-order valence-corrected chi connectivity index (χ3v) is 6.01. The molecule has 1 atom stereocenters. The maximum Gasteiger partial charge on any atom is 0.227 e. The van der Waals surface area contributed by atoms with Crippen molar-refractivity contribution < 1.29 is 14.3 Å². The summed E-state index contributed by atoms with van der Waals surface area (Å²) in [5.74, 6) is 1.49. The number of likely N-dealkylation sites (N-methyl/N-ethyl adjacent to an activating group) is 1. The van der Waals surface area contributed by atoms with Gasteiger partial charge in [-0.1, -0.05) is 36.4 Å². The van der Waals surface area contributed by atoms with Gasteiger partial charge in [0, 0.05) is 19.6 Å². The molecule has 1 aliphatic heterocycles. The van der Waals surface area contributed by atoms with Crippen LogP contribution in [0.4, 0.5) is 0 Å². The highest BCUT2D eigenvalue weighted by Gasteiger charge is 2.26. The van der Waals surface area contributed by atoms with Crippen LogP contribution in [0.2, 0.25) is 0 Å². The Morgan fingerprint density at radius 1 is 1.07 bits per heavy atom. The molecule has 1 amide bonds. The van der Waals surface area contributed by atoms with Crippen molar-refractivity contribution in [3.63, 3.8) is 0 Å². The molecular formula is C25H34N2O3. The monoisotopic (exact) mass is 410 g/mol. The average Bonchev–Trinajstić information content (AvgIpc) is 2.79. The first-order valence-electron chi connectivity index (χ1n) is 10.8. The third kappa shape index (κ3) is 5.99. The van der Waals surface area contributed by atoms with Crippen LogP contribution in [0.3, 0.4) is 0 Å². The second-order valence-corrected chi connectivity index (χ2v) is 8.06. The van der Waals surface area contributed by atoms with Gasteiger partial charge in [-0.05, 0) is 62.0 Å². The number of rotatable bonds is 9. The molecule has 5 nitrogen and oxygen atoms in total. The van der Waals surface area contributed by atoms with Crippen LogP contribution in [0.15, 0.2) is 48.5 Å². The Morgan fingerprint density at radius 2 is 1.83 bits per heavy atom. The number of likely N-dealkylation sites (tertiary alicyclic amines) is 1.